The van der Waals surface area contributed by atoms with Crippen LogP contribution in [0, 0.1) is 5.92 Å². The van der Waals surface area contributed by atoms with E-state index < -0.39 is 0 Å². The monoisotopic (exact) mass is 531 g/mol. The number of nitrogen functional groups attached to an aromatic ring is 1. The Labute approximate surface area is 219 Å². The Bertz CT molecular complexity index is 865. The number of nitrogens with zero attached hydrogens (tertiary/aromatic N) is 2. The summed E-state index contributed by atoms with van der Waals surface area (Å²) in [6, 6.07) is 3.16. The zero-order valence-electron chi connectivity index (χ0n) is 21.0. The molecule has 1 aromatic rings. The maximum absolute atomic E-state index is 13.0. The van der Waals surface area contributed by atoms with Gasteiger partial charge in [-0.15, -0.1) is 12.4 Å². The lowest BCUT2D eigenvalue weighted by Gasteiger charge is -2.41. The van der Waals surface area contributed by atoms with E-state index in [-0.39, 0.29) is 42.5 Å². The van der Waals surface area contributed by atoms with Crippen molar-refractivity contribution in [1.29, 1.82) is 0 Å². The number of rotatable bonds is 7. The number of hydrogen-bond acceptors (Lipinski definition) is 6. The van der Waals surface area contributed by atoms with E-state index in [9.17, 15) is 9.59 Å². The number of likely N-dealkylation sites (tertiary alicyclic amines) is 2. The van der Waals surface area contributed by atoms with Crippen LogP contribution in [0.4, 0.5) is 10.5 Å². The van der Waals surface area contributed by atoms with Gasteiger partial charge in [-0.1, -0.05) is 11.6 Å². The van der Waals surface area contributed by atoms with Crippen molar-refractivity contribution in [3.63, 3.8) is 0 Å². The molecule has 2 saturated heterocycles. The molecule has 4 N–H and O–H groups in total. The normalized spacial score (nSPS) is 21.4. The first kappa shape index (κ1) is 29.3. The van der Waals surface area contributed by atoms with E-state index in [1.165, 1.54) is 13.2 Å². The number of carbonyl (C=O) groups is 2. The number of ether oxygens (including phenoxy) is 2. The minimum atomic E-state index is -0.258. The number of benzene rings is 1. The number of nitrogens with two attached hydrogens (primary N) is 1. The van der Waals surface area contributed by atoms with Crippen molar-refractivity contribution in [3.05, 3.63) is 22.7 Å². The minimum Gasteiger partial charge on any atom is -0.496 e. The van der Waals surface area contributed by atoms with E-state index in [1.807, 2.05) is 18.7 Å². The van der Waals surface area contributed by atoms with E-state index in [0.29, 0.717) is 27.9 Å². The Kier molecular flexibility index (Phi) is 11.2. The van der Waals surface area contributed by atoms with Crippen LogP contribution in [0.2, 0.25) is 5.02 Å². The predicted molar refractivity (Wildman–Crippen MR) is 141 cm³/mol. The van der Waals surface area contributed by atoms with Crippen molar-refractivity contribution in [2.75, 3.05) is 52.7 Å². The van der Waals surface area contributed by atoms with Crippen molar-refractivity contribution in [3.8, 4) is 5.75 Å². The first-order valence-corrected chi connectivity index (χ1v) is 12.3. The highest BCUT2D eigenvalue weighted by molar-refractivity contribution is 6.33. The quantitative estimate of drug-likeness (QED) is 0.466. The minimum absolute atomic E-state index is 0. The molecule has 0 unspecified atom stereocenters. The summed E-state index contributed by atoms with van der Waals surface area (Å²) in [7, 11) is 3.18. The first-order chi connectivity index (χ1) is 16.2. The van der Waals surface area contributed by atoms with Crippen LogP contribution < -0.4 is 21.1 Å². The van der Waals surface area contributed by atoms with Gasteiger partial charge in [-0.3, -0.25) is 4.79 Å². The predicted octanol–water partition coefficient (Wildman–Crippen LogP) is 3.00. The fraction of sp³-hybridized carbons (Fsp3) is 0.667. The molecular weight excluding hydrogens is 493 g/mol. The smallest absolute Gasteiger partial charge is 0.317 e. The second kappa shape index (κ2) is 13.4. The number of hydrogen-bond donors (Lipinski definition) is 3. The van der Waals surface area contributed by atoms with Gasteiger partial charge in [-0.05, 0) is 45.1 Å². The van der Waals surface area contributed by atoms with Crippen LogP contribution in [0.3, 0.4) is 0 Å². The summed E-state index contributed by atoms with van der Waals surface area (Å²) in [5.41, 5.74) is 6.55. The van der Waals surface area contributed by atoms with Crippen molar-refractivity contribution >= 4 is 41.6 Å². The Morgan fingerprint density at radius 3 is 2.46 bits per heavy atom. The molecule has 0 bridgehead atoms. The molecule has 0 spiro atoms. The Hall–Kier alpha value is -1.94. The van der Waals surface area contributed by atoms with Gasteiger partial charge >= 0.3 is 6.03 Å². The molecule has 0 aromatic heterocycles. The first-order valence-electron chi connectivity index (χ1n) is 12.0. The maximum atomic E-state index is 13.0. The van der Waals surface area contributed by atoms with Crippen molar-refractivity contribution in [2.45, 2.75) is 51.3 Å². The van der Waals surface area contributed by atoms with Crippen LogP contribution in [0.15, 0.2) is 12.1 Å². The molecule has 3 rings (SSSR count). The van der Waals surface area contributed by atoms with Crippen LogP contribution in [0.25, 0.3) is 0 Å². The molecule has 11 heteroatoms. The van der Waals surface area contributed by atoms with E-state index in [1.54, 1.807) is 13.2 Å². The van der Waals surface area contributed by atoms with Crippen LogP contribution in [0.1, 0.15) is 43.5 Å². The molecule has 2 fully saturated rings. The van der Waals surface area contributed by atoms with Crippen molar-refractivity contribution in [1.82, 2.24) is 20.4 Å². The summed E-state index contributed by atoms with van der Waals surface area (Å²) in [6.45, 7) is 8.12. The van der Waals surface area contributed by atoms with Crippen LogP contribution in [-0.4, -0.2) is 86.9 Å². The number of methoxy groups -OCH3 is 2. The maximum Gasteiger partial charge on any atom is 0.317 e. The number of anilines is 1. The largest absolute Gasteiger partial charge is 0.496 e. The van der Waals surface area contributed by atoms with Gasteiger partial charge in [0.05, 0.1) is 35.5 Å². The third-order valence-corrected chi connectivity index (χ3v) is 6.98. The number of halogens is 2. The third kappa shape index (κ3) is 7.77. The highest BCUT2D eigenvalue weighted by Crippen LogP contribution is 2.29. The SMILES string of the molecule is COc1cc(N)c(Cl)cc1C(=O)N[C@@H]1CCN(CC2CCN(C(=O)NC(C)C)CC2)C[C@@H]1OC.Cl. The van der Waals surface area contributed by atoms with Crippen LogP contribution in [-0.2, 0) is 4.74 Å². The summed E-state index contributed by atoms with van der Waals surface area (Å²) < 4.78 is 11.1. The third-order valence-electron chi connectivity index (χ3n) is 6.66. The number of piperidine rings is 2. The van der Waals surface area contributed by atoms with E-state index in [2.05, 4.69) is 15.5 Å². The molecule has 1 aromatic carbocycles. The zero-order valence-corrected chi connectivity index (χ0v) is 22.6. The average molecular weight is 533 g/mol. The van der Waals surface area contributed by atoms with Gasteiger partial charge < -0.3 is 35.6 Å². The highest BCUT2D eigenvalue weighted by atomic mass is 35.5. The Morgan fingerprint density at radius 2 is 1.86 bits per heavy atom. The van der Waals surface area contributed by atoms with Crippen molar-refractivity contribution in [2.24, 2.45) is 5.92 Å². The molecule has 0 radical (unpaired) electrons. The molecule has 0 aliphatic carbocycles. The van der Waals surface area contributed by atoms with Gasteiger partial charge in [-0.2, -0.15) is 0 Å². The molecular formula is C24H39Cl2N5O4. The average Bonchev–Trinajstić information content (AvgIpc) is 2.81. The van der Waals surface area contributed by atoms with Gasteiger partial charge in [0.1, 0.15) is 5.75 Å². The van der Waals surface area contributed by atoms with Gasteiger partial charge in [0.25, 0.3) is 5.91 Å². The fourth-order valence-corrected chi connectivity index (χ4v) is 4.90. The molecule has 2 aliphatic rings. The van der Waals surface area contributed by atoms with Crippen LogP contribution >= 0.6 is 24.0 Å². The van der Waals surface area contributed by atoms with E-state index >= 15 is 0 Å². The van der Waals surface area contributed by atoms with Gasteiger partial charge in [-0.25, -0.2) is 4.79 Å². The number of nitrogens with one attached hydrogen (secondary N) is 2. The molecule has 2 atom stereocenters. The van der Waals surface area contributed by atoms with Gasteiger partial charge in [0.2, 0.25) is 0 Å². The number of carbonyl (C=O) groups excluding carboxylic acids is 2. The Balaban J connectivity index is 0.00000432. The molecule has 198 valence electrons. The molecule has 9 nitrogen and oxygen atoms in total. The van der Waals surface area contributed by atoms with Crippen LogP contribution in [0.5, 0.6) is 5.75 Å². The summed E-state index contributed by atoms with van der Waals surface area (Å²) >= 11 is 6.13. The standard InChI is InChI=1S/C24H38ClN5O4.ClH/c1-15(2)27-24(32)30-9-5-16(6-10-30)13-29-8-7-20(22(14-29)34-4)28-23(31)17-11-18(25)19(26)12-21(17)33-3;/h11-12,15-16,20,22H,5-10,13-14,26H2,1-4H3,(H,27,32)(H,28,31);1H/t20-,22+;/m1./s1. The van der Waals surface area contributed by atoms with Gasteiger partial charge in [0.15, 0.2) is 0 Å². The Morgan fingerprint density at radius 1 is 1.17 bits per heavy atom. The molecule has 2 heterocycles. The number of urea groups is 1. The lowest BCUT2D eigenvalue weighted by atomic mass is 9.94. The van der Waals surface area contributed by atoms with Crippen molar-refractivity contribution < 1.29 is 19.1 Å². The molecule has 35 heavy (non-hydrogen) atoms. The van der Waals surface area contributed by atoms with E-state index in [0.717, 1.165) is 52.0 Å². The summed E-state index contributed by atoms with van der Waals surface area (Å²) in [4.78, 5) is 29.5. The van der Waals surface area contributed by atoms with E-state index in [4.69, 9.17) is 26.8 Å². The molecule has 2 aliphatic heterocycles. The summed E-state index contributed by atoms with van der Waals surface area (Å²) in [5, 5.41) is 6.38. The number of amides is 3. The second-order valence-corrected chi connectivity index (χ2v) is 9.92. The lowest BCUT2D eigenvalue weighted by molar-refractivity contribution is -0.000640. The lowest BCUT2D eigenvalue weighted by Crippen LogP contribution is -2.56. The second-order valence-electron chi connectivity index (χ2n) is 9.51. The molecule has 0 saturated carbocycles. The molecule has 3 amide bonds. The fourth-order valence-electron chi connectivity index (χ4n) is 4.73. The zero-order chi connectivity index (χ0) is 24.8. The highest BCUT2D eigenvalue weighted by Gasteiger charge is 2.33. The summed E-state index contributed by atoms with van der Waals surface area (Å²) in [5.74, 6) is 0.679. The topological polar surface area (TPSA) is 109 Å². The van der Waals surface area contributed by atoms with Gasteiger partial charge in [0, 0.05) is 51.9 Å². The summed E-state index contributed by atoms with van der Waals surface area (Å²) in [6.07, 6.45) is 2.66.